The van der Waals surface area contributed by atoms with Gasteiger partial charge in [0.1, 0.15) is 17.3 Å². The zero-order chi connectivity index (χ0) is 20.2. The van der Waals surface area contributed by atoms with E-state index in [1.54, 1.807) is 24.5 Å². The Morgan fingerprint density at radius 2 is 2.00 bits per heavy atom. The average Bonchev–Trinajstić information content (AvgIpc) is 3.38. The van der Waals surface area contributed by atoms with E-state index in [1.807, 2.05) is 70.7 Å². The molecule has 146 valence electrons. The number of rotatable bonds is 6. The van der Waals surface area contributed by atoms with Crippen LogP contribution >= 0.6 is 22.9 Å². The Morgan fingerprint density at radius 1 is 1.17 bits per heavy atom. The molecule has 0 saturated heterocycles. The molecular weight excluding hydrogens is 406 g/mol. The Hall–Kier alpha value is -3.09. The van der Waals surface area contributed by atoms with Gasteiger partial charge in [0, 0.05) is 33.9 Å². The minimum Gasteiger partial charge on any atom is -0.497 e. The van der Waals surface area contributed by atoms with Crippen molar-refractivity contribution in [2.24, 2.45) is 0 Å². The maximum Gasteiger partial charge on any atom is 0.244 e. The van der Waals surface area contributed by atoms with Gasteiger partial charge in [-0.2, -0.15) is 0 Å². The summed E-state index contributed by atoms with van der Waals surface area (Å²) in [5.74, 6) is 0.576. The molecular formula is C22H18ClN3O2S. The minimum atomic E-state index is -0.120. The summed E-state index contributed by atoms with van der Waals surface area (Å²) >= 11 is 7.51. The van der Waals surface area contributed by atoms with E-state index in [-0.39, 0.29) is 12.5 Å². The van der Waals surface area contributed by atoms with E-state index < -0.39 is 0 Å². The number of nitrogens with zero attached hydrogens (tertiary/aromatic N) is 2. The van der Waals surface area contributed by atoms with Gasteiger partial charge < -0.3 is 14.6 Å². The SMILES string of the molecule is COc1cccc(NC(=O)Cn2cccc2-c2nc(-c3ccc(Cl)cc3)cs2)c1. The number of hydrogen-bond donors (Lipinski definition) is 1. The normalized spacial score (nSPS) is 10.7. The molecule has 4 aromatic rings. The predicted molar refractivity (Wildman–Crippen MR) is 118 cm³/mol. The summed E-state index contributed by atoms with van der Waals surface area (Å²) < 4.78 is 7.08. The van der Waals surface area contributed by atoms with Crippen molar-refractivity contribution in [1.82, 2.24) is 9.55 Å². The van der Waals surface area contributed by atoms with Crippen molar-refractivity contribution in [1.29, 1.82) is 0 Å². The standard InChI is InChI=1S/C22H18ClN3O2S/c1-28-18-5-2-4-17(12-18)24-21(27)13-26-11-3-6-20(26)22-25-19(14-29-22)15-7-9-16(23)10-8-15/h2-12,14H,13H2,1H3,(H,24,27). The summed E-state index contributed by atoms with van der Waals surface area (Å²) in [6, 6.07) is 18.8. The Labute approximate surface area is 177 Å². The average molecular weight is 424 g/mol. The molecule has 0 saturated carbocycles. The van der Waals surface area contributed by atoms with Crippen LogP contribution < -0.4 is 10.1 Å². The summed E-state index contributed by atoms with van der Waals surface area (Å²) in [7, 11) is 1.60. The maximum atomic E-state index is 12.5. The molecule has 1 N–H and O–H groups in total. The molecule has 0 unspecified atom stereocenters. The second kappa shape index (κ2) is 8.51. The van der Waals surface area contributed by atoms with Crippen LogP contribution in [0.4, 0.5) is 5.69 Å². The van der Waals surface area contributed by atoms with Crippen molar-refractivity contribution in [3.8, 4) is 27.7 Å². The van der Waals surface area contributed by atoms with E-state index in [2.05, 4.69) is 5.32 Å². The number of ether oxygens (including phenoxy) is 1. The third-order valence-electron chi connectivity index (χ3n) is 4.36. The summed E-state index contributed by atoms with van der Waals surface area (Å²) in [6.45, 7) is 0.190. The van der Waals surface area contributed by atoms with Crippen LogP contribution in [0.5, 0.6) is 5.75 Å². The summed E-state index contributed by atoms with van der Waals surface area (Å²) in [4.78, 5) is 17.3. The minimum absolute atomic E-state index is 0.120. The van der Waals surface area contributed by atoms with Gasteiger partial charge in [-0.05, 0) is 36.4 Å². The Balaban J connectivity index is 1.50. The van der Waals surface area contributed by atoms with E-state index in [1.165, 1.54) is 0 Å². The molecule has 0 fully saturated rings. The molecule has 2 heterocycles. The number of halogens is 1. The van der Waals surface area contributed by atoms with Crippen LogP contribution in [0.15, 0.2) is 72.2 Å². The number of carbonyl (C=O) groups is 1. The molecule has 7 heteroatoms. The Bertz CT molecular complexity index is 1130. The summed E-state index contributed by atoms with van der Waals surface area (Å²) in [5, 5.41) is 6.46. The van der Waals surface area contributed by atoms with Gasteiger partial charge in [-0.1, -0.05) is 29.8 Å². The van der Waals surface area contributed by atoms with Crippen LogP contribution in [0.3, 0.4) is 0 Å². The van der Waals surface area contributed by atoms with E-state index in [4.69, 9.17) is 21.3 Å². The highest BCUT2D eigenvalue weighted by Gasteiger charge is 2.13. The van der Waals surface area contributed by atoms with Crippen LogP contribution in [-0.4, -0.2) is 22.6 Å². The lowest BCUT2D eigenvalue weighted by Crippen LogP contribution is -2.18. The van der Waals surface area contributed by atoms with Gasteiger partial charge in [-0.15, -0.1) is 11.3 Å². The molecule has 0 atom stereocenters. The maximum absolute atomic E-state index is 12.5. The number of benzene rings is 2. The van der Waals surface area contributed by atoms with Crippen LogP contribution in [0, 0.1) is 0 Å². The highest BCUT2D eigenvalue weighted by atomic mass is 35.5. The highest BCUT2D eigenvalue weighted by molar-refractivity contribution is 7.13. The first-order chi connectivity index (χ1) is 14.1. The van der Waals surface area contributed by atoms with Crippen LogP contribution in [-0.2, 0) is 11.3 Å². The lowest BCUT2D eigenvalue weighted by Gasteiger charge is -2.09. The molecule has 5 nitrogen and oxygen atoms in total. The van der Waals surface area contributed by atoms with Crippen molar-refractivity contribution >= 4 is 34.5 Å². The largest absolute Gasteiger partial charge is 0.497 e. The van der Waals surface area contributed by atoms with Gasteiger partial charge in [0.25, 0.3) is 0 Å². The predicted octanol–water partition coefficient (Wildman–Crippen LogP) is 5.58. The van der Waals surface area contributed by atoms with E-state index in [0.717, 1.165) is 22.0 Å². The van der Waals surface area contributed by atoms with Crippen molar-refractivity contribution < 1.29 is 9.53 Å². The first-order valence-corrected chi connectivity index (χ1v) is 10.2. The molecule has 0 aliphatic carbocycles. The van der Waals surface area contributed by atoms with Gasteiger partial charge in [0.15, 0.2) is 0 Å². The smallest absolute Gasteiger partial charge is 0.244 e. The number of nitrogens with one attached hydrogen (secondary N) is 1. The van der Waals surface area contributed by atoms with E-state index >= 15 is 0 Å². The van der Waals surface area contributed by atoms with Gasteiger partial charge in [0.05, 0.1) is 18.5 Å². The first-order valence-electron chi connectivity index (χ1n) is 8.93. The number of aromatic nitrogens is 2. The fourth-order valence-electron chi connectivity index (χ4n) is 2.95. The van der Waals surface area contributed by atoms with Crippen LogP contribution in [0.1, 0.15) is 0 Å². The van der Waals surface area contributed by atoms with Crippen molar-refractivity contribution in [2.45, 2.75) is 6.54 Å². The molecule has 0 bridgehead atoms. The van der Waals surface area contributed by atoms with Crippen molar-refractivity contribution in [2.75, 3.05) is 12.4 Å². The second-order valence-corrected chi connectivity index (χ2v) is 7.64. The Kier molecular flexibility index (Phi) is 5.64. The van der Waals surface area contributed by atoms with Gasteiger partial charge in [0.2, 0.25) is 5.91 Å². The number of hydrogen-bond acceptors (Lipinski definition) is 4. The molecule has 0 aliphatic heterocycles. The fraction of sp³-hybridized carbons (Fsp3) is 0.0909. The molecule has 1 amide bonds. The molecule has 0 spiro atoms. The van der Waals surface area contributed by atoms with E-state index in [9.17, 15) is 4.79 Å². The molecule has 0 radical (unpaired) electrons. The number of methoxy groups -OCH3 is 1. The Morgan fingerprint density at radius 3 is 2.79 bits per heavy atom. The van der Waals surface area contributed by atoms with Gasteiger partial charge >= 0.3 is 0 Å². The number of carbonyl (C=O) groups excluding carboxylic acids is 1. The van der Waals surface area contributed by atoms with Gasteiger partial charge in [-0.3, -0.25) is 4.79 Å². The molecule has 29 heavy (non-hydrogen) atoms. The molecule has 2 aromatic carbocycles. The molecule has 2 aromatic heterocycles. The van der Waals surface area contributed by atoms with E-state index in [0.29, 0.717) is 16.5 Å². The monoisotopic (exact) mass is 423 g/mol. The molecule has 0 aliphatic rings. The topological polar surface area (TPSA) is 56.1 Å². The highest BCUT2D eigenvalue weighted by Crippen LogP contribution is 2.30. The third kappa shape index (κ3) is 4.50. The van der Waals surface area contributed by atoms with Crippen LogP contribution in [0.2, 0.25) is 5.02 Å². The summed E-state index contributed by atoms with van der Waals surface area (Å²) in [5.41, 5.74) is 3.49. The lowest BCUT2D eigenvalue weighted by atomic mass is 10.2. The third-order valence-corrected chi connectivity index (χ3v) is 5.48. The van der Waals surface area contributed by atoms with Gasteiger partial charge in [-0.25, -0.2) is 4.98 Å². The quantitative estimate of drug-likeness (QED) is 0.440. The van der Waals surface area contributed by atoms with Crippen molar-refractivity contribution in [3.63, 3.8) is 0 Å². The number of thiazole rings is 1. The summed E-state index contributed by atoms with van der Waals surface area (Å²) in [6.07, 6.45) is 1.88. The second-order valence-electron chi connectivity index (χ2n) is 6.35. The lowest BCUT2D eigenvalue weighted by molar-refractivity contribution is -0.116. The first kappa shape index (κ1) is 19.2. The zero-order valence-electron chi connectivity index (χ0n) is 15.6. The number of amides is 1. The van der Waals surface area contributed by atoms with Crippen molar-refractivity contribution in [3.05, 3.63) is 77.3 Å². The number of anilines is 1. The zero-order valence-corrected chi connectivity index (χ0v) is 17.2. The fourth-order valence-corrected chi connectivity index (χ4v) is 3.94. The molecule has 4 rings (SSSR count). The van der Waals surface area contributed by atoms with Crippen LogP contribution in [0.25, 0.3) is 22.0 Å².